The summed E-state index contributed by atoms with van der Waals surface area (Å²) in [5, 5.41) is 5.76. The van der Waals surface area contributed by atoms with E-state index in [9.17, 15) is 9.18 Å². The van der Waals surface area contributed by atoms with Gasteiger partial charge in [-0.05, 0) is 29.1 Å². The summed E-state index contributed by atoms with van der Waals surface area (Å²) in [5.41, 5.74) is 4.09. The average molecular weight is 278 g/mol. The summed E-state index contributed by atoms with van der Waals surface area (Å²) in [7, 11) is 1.33. The molecule has 0 bridgehead atoms. The number of rotatable bonds is 4. The van der Waals surface area contributed by atoms with Crippen LogP contribution in [-0.4, -0.2) is 19.3 Å². The molecule has 1 aromatic heterocycles. The van der Waals surface area contributed by atoms with E-state index in [0.717, 1.165) is 5.56 Å². The topological polar surface area (TPSA) is 50.7 Å². The molecule has 1 heterocycles. The zero-order chi connectivity index (χ0) is 13.7. The molecule has 0 atom stereocenters. The van der Waals surface area contributed by atoms with Crippen LogP contribution in [0.3, 0.4) is 0 Å². The Morgan fingerprint density at radius 3 is 2.79 bits per heavy atom. The molecule has 2 rings (SSSR count). The SMILES string of the molecule is COC(=O)c1sccc1NN=Cc1ccc(F)cc1. The highest BCUT2D eigenvalue weighted by molar-refractivity contribution is 7.12. The summed E-state index contributed by atoms with van der Waals surface area (Å²) in [4.78, 5) is 11.9. The van der Waals surface area contributed by atoms with Crippen molar-refractivity contribution in [2.45, 2.75) is 0 Å². The molecule has 0 saturated heterocycles. The van der Waals surface area contributed by atoms with Gasteiger partial charge in [-0.3, -0.25) is 5.43 Å². The molecule has 4 nitrogen and oxygen atoms in total. The molecular formula is C13H11FN2O2S. The van der Waals surface area contributed by atoms with Crippen molar-refractivity contribution in [2.24, 2.45) is 5.10 Å². The molecule has 0 saturated carbocycles. The van der Waals surface area contributed by atoms with Crippen molar-refractivity contribution in [3.05, 3.63) is 52.0 Å². The molecule has 1 aromatic carbocycles. The van der Waals surface area contributed by atoms with Crippen LogP contribution < -0.4 is 5.43 Å². The zero-order valence-corrected chi connectivity index (χ0v) is 10.9. The van der Waals surface area contributed by atoms with Crippen molar-refractivity contribution >= 4 is 29.2 Å². The van der Waals surface area contributed by atoms with E-state index in [1.807, 2.05) is 0 Å². The fourth-order valence-corrected chi connectivity index (χ4v) is 2.13. The Balaban J connectivity index is 2.04. The van der Waals surface area contributed by atoms with Crippen LogP contribution in [0.15, 0.2) is 40.8 Å². The molecular weight excluding hydrogens is 267 g/mol. The second-order valence-electron chi connectivity index (χ2n) is 3.58. The lowest BCUT2D eigenvalue weighted by molar-refractivity contribution is 0.0607. The van der Waals surface area contributed by atoms with E-state index in [2.05, 4.69) is 15.3 Å². The molecule has 0 aliphatic heterocycles. The van der Waals surface area contributed by atoms with Gasteiger partial charge < -0.3 is 4.74 Å². The minimum atomic E-state index is -0.408. The predicted molar refractivity (Wildman–Crippen MR) is 73.3 cm³/mol. The van der Waals surface area contributed by atoms with Gasteiger partial charge in [0, 0.05) is 0 Å². The minimum absolute atomic E-state index is 0.295. The number of carbonyl (C=O) groups excluding carboxylic acids is 1. The van der Waals surface area contributed by atoms with Crippen LogP contribution in [0.1, 0.15) is 15.2 Å². The number of esters is 1. The number of benzene rings is 1. The summed E-state index contributed by atoms with van der Waals surface area (Å²) in [5.74, 6) is -0.703. The highest BCUT2D eigenvalue weighted by Gasteiger charge is 2.12. The summed E-state index contributed by atoms with van der Waals surface area (Å²) >= 11 is 1.27. The maximum atomic E-state index is 12.7. The van der Waals surface area contributed by atoms with E-state index in [-0.39, 0.29) is 5.82 Å². The van der Waals surface area contributed by atoms with Crippen molar-refractivity contribution in [3.63, 3.8) is 0 Å². The van der Waals surface area contributed by atoms with Gasteiger partial charge in [0.25, 0.3) is 0 Å². The first-order valence-electron chi connectivity index (χ1n) is 5.41. The van der Waals surface area contributed by atoms with Crippen molar-refractivity contribution < 1.29 is 13.9 Å². The minimum Gasteiger partial charge on any atom is -0.465 e. The second kappa shape index (κ2) is 6.10. The molecule has 0 radical (unpaired) electrons. The van der Waals surface area contributed by atoms with Gasteiger partial charge in [-0.15, -0.1) is 11.3 Å². The van der Waals surface area contributed by atoms with Crippen LogP contribution in [0.25, 0.3) is 0 Å². The number of halogens is 1. The van der Waals surface area contributed by atoms with Crippen molar-refractivity contribution in [3.8, 4) is 0 Å². The van der Waals surface area contributed by atoms with Crippen LogP contribution in [0, 0.1) is 5.82 Å². The first-order valence-corrected chi connectivity index (χ1v) is 6.29. The Hall–Kier alpha value is -2.21. The number of hydrogen-bond acceptors (Lipinski definition) is 5. The third-order valence-electron chi connectivity index (χ3n) is 2.30. The van der Waals surface area contributed by atoms with Crippen LogP contribution in [-0.2, 0) is 4.74 Å². The Morgan fingerprint density at radius 1 is 1.37 bits per heavy atom. The highest BCUT2D eigenvalue weighted by atomic mass is 32.1. The van der Waals surface area contributed by atoms with Gasteiger partial charge in [0.05, 0.1) is 19.0 Å². The maximum Gasteiger partial charge on any atom is 0.350 e. The Morgan fingerprint density at radius 2 is 2.11 bits per heavy atom. The van der Waals surface area contributed by atoms with E-state index in [1.165, 1.54) is 36.8 Å². The van der Waals surface area contributed by atoms with Crippen LogP contribution in [0.4, 0.5) is 10.1 Å². The van der Waals surface area contributed by atoms with E-state index >= 15 is 0 Å². The van der Waals surface area contributed by atoms with E-state index in [1.54, 1.807) is 23.6 Å². The Kier molecular flexibility index (Phi) is 4.25. The molecule has 0 unspecified atom stereocenters. The van der Waals surface area contributed by atoms with Crippen molar-refractivity contribution in [1.82, 2.24) is 0 Å². The summed E-state index contributed by atoms with van der Waals surface area (Å²) in [6.07, 6.45) is 1.54. The lowest BCUT2D eigenvalue weighted by atomic mass is 10.2. The normalized spacial score (nSPS) is 10.6. The highest BCUT2D eigenvalue weighted by Crippen LogP contribution is 2.22. The lowest BCUT2D eigenvalue weighted by Crippen LogP contribution is -2.01. The summed E-state index contributed by atoms with van der Waals surface area (Å²) < 4.78 is 17.4. The molecule has 0 fully saturated rings. The Bertz CT molecular complexity index is 593. The molecule has 0 aliphatic rings. The quantitative estimate of drug-likeness (QED) is 0.531. The summed E-state index contributed by atoms with van der Waals surface area (Å²) in [6.45, 7) is 0. The number of hydrazone groups is 1. The number of thiophene rings is 1. The van der Waals surface area contributed by atoms with Crippen molar-refractivity contribution in [2.75, 3.05) is 12.5 Å². The number of carbonyl (C=O) groups is 1. The molecule has 0 amide bonds. The van der Waals surface area contributed by atoms with E-state index in [4.69, 9.17) is 0 Å². The van der Waals surface area contributed by atoms with E-state index < -0.39 is 5.97 Å². The fourth-order valence-electron chi connectivity index (χ4n) is 1.37. The van der Waals surface area contributed by atoms with Gasteiger partial charge in [-0.1, -0.05) is 12.1 Å². The molecule has 19 heavy (non-hydrogen) atoms. The smallest absolute Gasteiger partial charge is 0.350 e. The first kappa shape index (κ1) is 13.2. The van der Waals surface area contributed by atoms with Crippen LogP contribution in [0.2, 0.25) is 0 Å². The molecule has 0 aliphatic carbocycles. The molecule has 1 N–H and O–H groups in total. The molecule has 6 heteroatoms. The monoisotopic (exact) mass is 278 g/mol. The maximum absolute atomic E-state index is 12.7. The standard InChI is InChI=1S/C13H11FN2O2S/c1-18-13(17)12-11(6-7-19-12)16-15-8-9-2-4-10(14)5-3-9/h2-8,16H,1H3. The zero-order valence-electron chi connectivity index (χ0n) is 10.1. The number of anilines is 1. The Labute approximate surface area is 113 Å². The largest absolute Gasteiger partial charge is 0.465 e. The number of nitrogens with one attached hydrogen (secondary N) is 1. The fraction of sp³-hybridized carbons (Fsp3) is 0.0769. The lowest BCUT2D eigenvalue weighted by Gasteiger charge is -2.00. The molecule has 0 spiro atoms. The van der Waals surface area contributed by atoms with Crippen LogP contribution in [0.5, 0.6) is 0 Å². The molecule has 2 aromatic rings. The molecule has 98 valence electrons. The van der Waals surface area contributed by atoms with Crippen LogP contribution >= 0.6 is 11.3 Å². The predicted octanol–water partition coefficient (Wildman–Crippen LogP) is 3.12. The third-order valence-corrected chi connectivity index (χ3v) is 3.20. The number of hydrogen-bond donors (Lipinski definition) is 1. The first-order chi connectivity index (χ1) is 9.20. The second-order valence-corrected chi connectivity index (χ2v) is 4.49. The van der Waals surface area contributed by atoms with Gasteiger partial charge in [0.15, 0.2) is 0 Å². The third kappa shape index (κ3) is 3.38. The number of ether oxygens (including phenoxy) is 1. The number of nitrogens with zero attached hydrogens (tertiary/aromatic N) is 1. The average Bonchev–Trinajstić information content (AvgIpc) is 2.88. The van der Waals surface area contributed by atoms with E-state index in [0.29, 0.717) is 10.6 Å². The summed E-state index contributed by atoms with van der Waals surface area (Å²) in [6, 6.07) is 7.65. The van der Waals surface area contributed by atoms with Gasteiger partial charge in [-0.2, -0.15) is 5.10 Å². The number of methoxy groups -OCH3 is 1. The van der Waals surface area contributed by atoms with Gasteiger partial charge in [0.1, 0.15) is 10.7 Å². The van der Waals surface area contributed by atoms with Gasteiger partial charge in [-0.25, -0.2) is 9.18 Å². The van der Waals surface area contributed by atoms with Gasteiger partial charge in [0.2, 0.25) is 0 Å². The van der Waals surface area contributed by atoms with Crippen molar-refractivity contribution in [1.29, 1.82) is 0 Å². The van der Waals surface area contributed by atoms with Gasteiger partial charge >= 0.3 is 5.97 Å².